The number of oxazole rings is 1. The van der Waals surface area contributed by atoms with E-state index in [1.165, 1.54) is 19.3 Å². The summed E-state index contributed by atoms with van der Waals surface area (Å²) < 4.78 is 5.58. The van der Waals surface area contributed by atoms with E-state index >= 15 is 0 Å². The van der Waals surface area contributed by atoms with Crippen molar-refractivity contribution in [3.63, 3.8) is 0 Å². The molecular weight excluding hydrogens is 264 g/mol. The van der Waals surface area contributed by atoms with Crippen molar-refractivity contribution in [1.82, 2.24) is 4.98 Å². The van der Waals surface area contributed by atoms with E-state index in [0.29, 0.717) is 18.2 Å². The summed E-state index contributed by atoms with van der Waals surface area (Å²) in [4.78, 5) is 16.3. The van der Waals surface area contributed by atoms with Crippen LogP contribution in [0.5, 0.6) is 0 Å². The summed E-state index contributed by atoms with van der Waals surface area (Å²) in [6, 6.07) is 5.83. The molecule has 1 aliphatic carbocycles. The maximum Gasteiger partial charge on any atom is 0.226 e. The number of nitrogens with one attached hydrogen (secondary N) is 1. The van der Waals surface area contributed by atoms with Crippen LogP contribution in [0.25, 0.3) is 11.5 Å². The molecule has 1 heterocycles. The molecule has 0 bridgehead atoms. The van der Waals surface area contributed by atoms with E-state index in [0.717, 1.165) is 22.6 Å². The van der Waals surface area contributed by atoms with Gasteiger partial charge in [-0.3, -0.25) is 4.79 Å². The van der Waals surface area contributed by atoms with E-state index in [1.807, 2.05) is 32.0 Å². The van der Waals surface area contributed by atoms with Gasteiger partial charge in [-0.25, -0.2) is 4.98 Å². The maximum absolute atomic E-state index is 12.0. The van der Waals surface area contributed by atoms with Gasteiger partial charge in [0.15, 0.2) is 0 Å². The molecule has 1 aliphatic rings. The van der Waals surface area contributed by atoms with Crippen LogP contribution in [0.2, 0.25) is 0 Å². The molecule has 110 valence electrons. The Labute approximate surface area is 124 Å². The predicted molar refractivity (Wildman–Crippen MR) is 82.0 cm³/mol. The highest BCUT2D eigenvalue weighted by Crippen LogP contribution is 2.30. The van der Waals surface area contributed by atoms with Crippen LogP contribution >= 0.6 is 0 Å². The van der Waals surface area contributed by atoms with Crippen molar-refractivity contribution < 1.29 is 9.21 Å². The molecule has 0 unspecified atom stereocenters. The van der Waals surface area contributed by atoms with Gasteiger partial charge in [-0.15, -0.1) is 0 Å². The van der Waals surface area contributed by atoms with Crippen molar-refractivity contribution in [2.75, 3.05) is 5.32 Å². The second kappa shape index (κ2) is 5.72. The third-order valence-corrected chi connectivity index (χ3v) is 4.07. The van der Waals surface area contributed by atoms with Crippen LogP contribution < -0.4 is 5.32 Å². The van der Waals surface area contributed by atoms with Gasteiger partial charge in [0.05, 0.1) is 6.20 Å². The Balaban J connectivity index is 1.75. The zero-order valence-corrected chi connectivity index (χ0v) is 12.5. The zero-order valence-electron chi connectivity index (χ0n) is 12.5. The number of nitrogens with zero attached hydrogens (tertiary/aromatic N) is 1. The monoisotopic (exact) mass is 284 g/mol. The molecule has 1 aromatic carbocycles. The molecule has 0 radical (unpaired) electrons. The fraction of sp³-hybridized carbons (Fsp3) is 0.412. The first-order chi connectivity index (χ1) is 10.1. The number of hydrogen-bond donors (Lipinski definition) is 1. The molecule has 21 heavy (non-hydrogen) atoms. The summed E-state index contributed by atoms with van der Waals surface area (Å²) in [6.07, 6.45) is 5.96. The van der Waals surface area contributed by atoms with Crippen LogP contribution in [-0.4, -0.2) is 10.9 Å². The molecule has 0 saturated heterocycles. The topological polar surface area (TPSA) is 55.1 Å². The number of carbonyl (C=O) groups is 1. The molecule has 1 amide bonds. The van der Waals surface area contributed by atoms with Crippen LogP contribution in [0.1, 0.15) is 37.0 Å². The van der Waals surface area contributed by atoms with Gasteiger partial charge in [-0.1, -0.05) is 12.5 Å². The highest BCUT2D eigenvalue weighted by atomic mass is 16.4. The van der Waals surface area contributed by atoms with Crippen molar-refractivity contribution >= 4 is 11.6 Å². The molecule has 1 aromatic heterocycles. The maximum atomic E-state index is 12.0. The number of hydrogen-bond acceptors (Lipinski definition) is 3. The van der Waals surface area contributed by atoms with Gasteiger partial charge in [0.1, 0.15) is 5.76 Å². The molecule has 0 spiro atoms. The predicted octanol–water partition coefficient (Wildman–Crippen LogP) is 4.09. The second-order valence-corrected chi connectivity index (χ2v) is 5.85. The number of aromatic nitrogens is 1. The number of aryl methyl sites for hydroxylation is 2. The fourth-order valence-corrected chi connectivity index (χ4v) is 2.58. The Kier molecular flexibility index (Phi) is 3.78. The number of carbonyl (C=O) groups excluding carboxylic acids is 1. The number of amides is 1. The molecule has 4 heteroatoms. The molecule has 1 saturated carbocycles. The lowest BCUT2D eigenvalue weighted by molar-refractivity contribution is -0.117. The lowest BCUT2D eigenvalue weighted by Crippen LogP contribution is -2.20. The minimum atomic E-state index is 0.0955. The summed E-state index contributed by atoms with van der Waals surface area (Å²) >= 11 is 0. The van der Waals surface area contributed by atoms with Crippen molar-refractivity contribution in [3.8, 4) is 11.5 Å². The number of benzene rings is 1. The first kappa shape index (κ1) is 13.9. The Morgan fingerprint density at radius 3 is 2.81 bits per heavy atom. The van der Waals surface area contributed by atoms with Gasteiger partial charge in [0.2, 0.25) is 11.8 Å². The average Bonchev–Trinajstić information content (AvgIpc) is 2.83. The summed E-state index contributed by atoms with van der Waals surface area (Å²) in [5.41, 5.74) is 2.80. The Bertz CT molecular complexity index is 657. The fourth-order valence-electron chi connectivity index (χ4n) is 2.58. The van der Waals surface area contributed by atoms with Crippen LogP contribution in [-0.2, 0) is 4.79 Å². The Hall–Kier alpha value is -2.10. The van der Waals surface area contributed by atoms with Gasteiger partial charge in [0, 0.05) is 17.7 Å². The SMILES string of the molecule is Cc1cnc(-c2cc(NC(=O)CC3CCC3)ccc2C)o1. The lowest BCUT2D eigenvalue weighted by atomic mass is 9.83. The van der Waals surface area contributed by atoms with Crippen molar-refractivity contribution in [3.05, 3.63) is 35.7 Å². The van der Waals surface area contributed by atoms with E-state index in [-0.39, 0.29) is 5.91 Å². The molecule has 4 nitrogen and oxygen atoms in total. The van der Waals surface area contributed by atoms with E-state index in [9.17, 15) is 4.79 Å². The normalized spacial score (nSPS) is 14.8. The second-order valence-electron chi connectivity index (χ2n) is 5.85. The largest absolute Gasteiger partial charge is 0.441 e. The van der Waals surface area contributed by atoms with Gasteiger partial charge < -0.3 is 9.73 Å². The van der Waals surface area contributed by atoms with Gasteiger partial charge in [0.25, 0.3) is 0 Å². The van der Waals surface area contributed by atoms with Crippen LogP contribution in [0, 0.1) is 19.8 Å². The lowest BCUT2D eigenvalue weighted by Gasteiger charge is -2.24. The molecule has 1 fully saturated rings. The number of anilines is 1. The van der Waals surface area contributed by atoms with Crippen LogP contribution in [0.3, 0.4) is 0 Å². The van der Waals surface area contributed by atoms with Crippen LogP contribution in [0.15, 0.2) is 28.8 Å². The quantitative estimate of drug-likeness (QED) is 0.920. The minimum absolute atomic E-state index is 0.0955. The summed E-state index contributed by atoms with van der Waals surface area (Å²) in [7, 11) is 0. The molecule has 0 atom stereocenters. The summed E-state index contributed by atoms with van der Waals surface area (Å²) in [6.45, 7) is 3.88. The van der Waals surface area contributed by atoms with Gasteiger partial charge in [-0.2, -0.15) is 0 Å². The van der Waals surface area contributed by atoms with Crippen molar-refractivity contribution in [1.29, 1.82) is 0 Å². The summed E-state index contributed by atoms with van der Waals surface area (Å²) in [5, 5.41) is 2.98. The third kappa shape index (κ3) is 3.15. The zero-order chi connectivity index (χ0) is 14.8. The Morgan fingerprint density at radius 1 is 1.38 bits per heavy atom. The molecule has 1 N–H and O–H groups in total. The number of rotatable bonds is 4. The summed E-state index contributed by atoms with van der Waals surface area (Å²) in [5.74, 6) is 2.05. The molecule has 2 aromatic rings. The average molecular weight is 284 g/mol. The first-order valence-corrected chi connectivity index (χ1v) is 7.45. The highest BCUT2D eigenvalue weighted by molar-refractivity contribution is 5.91. The van der Waals surface area contributed by atoms with Gasteiger partial charge >= 0.3 is 0 Å². The van der Waals surface area contributed by atoms with Crippen molar-refractivity contribution in [2.45, 2.75) is 39.5 Å². The van der Waals surface area contributed by atoms with Gasteiger partial charge in [-0.05, 0) is 50.3 Å². The molecular formula is C17H20N2O2. The van der Waals surface area contributed by atoms with E-state index < -0.39 is 0 Å². The Morgan fingerprint density at radius 2 is 2.19 bits per heavy atom. The van der Waals surface area contributed by atoms with Crippen LogP contribution in [0.4, 0.5) is 5.69 Å². The smallest absolute Gasteiger partial charge is 0.226 e. The highest BCUT2D eigenvalue weighted by Gasteiger charge is 2.20. The van der Waals surface area contributed by atoms with Crippen molar-refractivity contribution in [2.24, 2.45) is 5.92 Å². The molecule has 0 aliphatic heterocycles. The standard InChI is InChI=1S/C17H20N2O2/c1-11-6-7-14(19-16(20)8-13-4-3-5-13)9-15(11)17-18-10-12(2)21-17/h6-7,9-10,13H,3-5,8H2,1-2H3,(H,19,20). The van der Waals surface area contributed by atoms with E-state index in [2.05, 4.69) is 10.3 Å². The third-order valence-electron chi connectivity index (χ3n) is 4.07. The minimum Gasteiger partial charge on any atom is -0.441 e. The molecule has 3 rings (SSSR count). The first-order valence-electron chi connectivity index (χ1n) is 7.45. The van der Waals surface area contributed by atoms with E-state index in [1.54, 1.807) is 6.20 Å². The van der Waals surface area contributed by atoms with E-state index in [4.69, 9.17) is 4.42 Å².